The Hall–Kier alpha value is -0.668. The van der Waals surface area contributed by atoms with Crippen LogP contribution in [0.1, 0.15) is 10.4 Å². The van der Waals surface area contributed by atoms with Crippen LogP contribution in [0.4, 0.5) is 0 Å². The maximum absolute atomic E-state index is 10.7. The fraction of sp³-hybridized carbons (Fsp3) is 0. The Kier molecular flexibility index (Phi) is 2.45. The summed E-state index contributed by atoms with van der Waals surface area (Å²) in [6.07, 6.45) is 1.25. The van der Waals surface area contributed by atoms with E-state index in [0.29, 0.717) is 10.3 Å². The van der Waals surface area contributed by atoms with Crippen molar-refractivity contribution in [3.8, 4) is 0 Å². The van der Waals surface area contributed by atoms with E-state index in [2.05, 4.69) is 26.3 Å². The van der Waals surface area contributed by atoms with Crippen LogP contribution in [0.3, 0.4) is 0 Å². The molecule has 0 saturated carbocycles. The number of fused-ring (bicyclic) bond motifs is 1. The average molecular weight is 241 g/mol. The molecule has 0 unspecified atom stereocenters. The quantitative estimate of drug-likeness (QED) is 0.751. The van der Waals surface area contributed by atoms with Gasteiger partial charge in [-0.05, 0) is 3.87 Å². The Morgan fingerprint density at radius 1 is 1.64 bits per heavy atom. The van der Waals surface area contributed by atoms with Crippen LogP contribution in [0.5, 0.6) is 0 Å². The molecule has 0 aliphatic carbocycles. The van der Waals surface area contributed by atoms with Crippen molar-refractivity contribution in [2.45, 2.75) is 0 Å². The normalized spacial score (nSPS) is 10.6. The summed E-state index contributed by atoms with van der Waals surface area (Å²) < 4.78 is 0.733. The smallest absolute Gasteiger partial charge is 0.338 e. The number of nitrogens with zero attached hydrogens (tertiary/aromatic N) is 2. The van der Waals surface area contributed by atoms with Gasteiger partial charge in [-0.15, -0.1) is 11.3 Å². The standard InChI is InChI=1S/C7H2ClN2O2S.Al/c8-4-3(7(11)12)1-9-6-5(4)10-2-13-6;/h1H,(H,11,12);. The third-order valence-electron chi connectivity index (χ3n) is 1.61. The van der Waals surface area contributed by atoms with Crippen molar-refractivity contribution in [2.75, 3.05) is 0 Å². The second kappa shape index (κ2) is 3.48. The third kappa shape index (κ3) is 1.51. The maximum Gasteiger partial charge on any atom is 0.338 e. The fourth-order valence-corrected chi connectivity index (χ4v) is 2.48. The summed E-state index contributed by atoms with van der Waals surface area (Å²) >= 11 is 9.64. The van der Waals surface area contributed by atoms with Gasteiger partial charge in [-0.25, -0.2) is 9.78 Å². The SMILES string of the molecule is O=C(O)c1cnc2s[c]([Al])nc2c1Cl. The third-order valence-corrected chi connectivity index (χ3v) is 3.27. The van der Waals surface area contributed by atoms with Crippen LogP contribution in [0, 0.1) is 0 Å². The molecule has 4 nitrogen and oxygen atoms in total. The van der Waals surface area contributed by atoms with Gasteiger partial charge in [0.1, 0.15) is 10.3 Å². The number of thiazole rings is 1. The van der Waals surface area contributed by atoms with Gasteiger partial charge in [0.25, 0.3) is 0 Å². The van der Waals surface area contributed by atoms with Crippen LogP contribution < -0.4 is 3.87 Å². The molecule has 0 amide bonds. The molecule has 14 heavy (non-hydrogen) atoms. The summed E-state index contributed by atoms with van der Waals surface area (Å²) in [4.78, 5) is 19.4. The monoisotopic (exact) mass is 240 g/mol. The van der Waals surface area contributed by atoms with Crippen molar-refractivity contribution in [3.05, 3.63) is 16.8 Å². The summed E-state index contributed by atoms with van der Waals surface area (Å²) in [6.45, 7) is 0. The first-order valence-electron chi connectivity index (χ1n) is 3.53. The summed E-state index contributed by atoms with van der Waals surface area (Å²) in [5, 5.41) is 8.92. The molecular formula is C7H2AlClN2O2S. The molecule has 0 atom stereocenters. The summed E-state index contributed by atoms with van der Waals surface area (Å²) in [6, 6.07) is 0. The van der Waals surface area contributed by atoms with E-state index in [-0.39, 0.29) is 10.6 Å². The number of carbonyl (C=O) groups is 1. The van der Waals surface area contributed by atoms with Gasteiger partial charge in [0.15, 0.2) is 0 Å². The molecule has 68 valence electrons. The van der Waals surface area contributed by atoms with Crippen molar-refractivity contribution in [1.29, 1.82) is 0 Å². The predicted molar refractivity (Wildman–Crippen MR) is 54.8 cm³/mol. The Bertz CT molecular complexity index is 528. The first-order chi connectivity index (χ1) is 6.59. The predicted octanol–water partition coefficient (Wildman–Crippen LogP) is 0.837. The highest BCUT2D eigenvalue weighted by molar-refractivity contribution is 7.25. The maximum atomic E-state index is 10.7. The second-order valence-corrected chi connectivity index (χ2v) is 4.85. The lowest BCUT2D eigenvalue weighted by atomic mass is 10.3. The number of carboxylic acids is 1. The fourth-order valence-electron chi connectivity index (χ4n) is 1.02. The molecule has 2 aromatic rings. The molecular weight excluding hydrogens is 239 g/mol. The molecule has 2 heterocycles. The van der Waals surface area contributed by atoms with E-state index < -0.39 is 5.97 Å². The molecule has 0 saturated heterocycles. The van der Waals surface area contributed by atoms with E-state index in [1.807, 2.05) is 0 Å². The van der Waals surface area contributed by atoms with Crippen molar-refractivity contribution in [1.82, 2.24) is 9.97 Å². The van der Waals surface area contributed by atoms with Gasteiger partial charge < -0.3 is 5.11 Å². The van der Waals surface area contributed by atoms with Crippen molar-refractivity contribution < 1.29 is 9.90 Å². The zero-order valence-electron chi connectivity index (χ0n) is 6.69. The van der Waals surface area contributed by atoms with E-state index in [4.69, 9.17) is 16.7 Å². The van der Waals surface area contributed by atoms with Crippen molar-refractivity contribution in [3.63, 3.8) is 0 Å². The number of carboxylic acid groups (broad SMARTS) is 1. The van der Waals surface area contributed by atoms with Crippen LogP contribution in [0.25, 0.3) is 10.3 Å². The number of aromatic nitrogens is 2. The van der Waals surface area contributed by atoms with E-state index in [1.165, 1.54) is 17.5 Å². The summed E-state index contributed by atoms with van der Waals surface area (Å²) in [5.74, 6) is -1.09. The van der Waals surface area contributed by atoms with Gasteiger partial charge in [0.2, 0.25) is 16.3 Å². The zero-order chi connectivity index (χ0) is 10.3. The number of halogens is 1. The Balaban J connectivity index is 2.80. The first kappa shape index (κ1) is 9.87. The second-order valence-electron chi connectivity index (χ2n) is 2.50. The van der Waals surface area contributed by atoms with Crippen LogP contribution in [-0.2, 0) is 0 Å². The Morgan fingerprint density at radius 2 is 2.36 bits per heavy atom. The molecule has 0 fully saturated rings. The molecule has 1 N–H and O–H groups in total. The van der Waals surface area contributed by atoms with E-state index in [9.17, 15) is 4.79 Å². The summed E-state index contributed by atoms with van der Waals surface area (Å²) in [5.41, 5.74) is 0.427. The molecule has 0 aliphatic rings. The minimum Gasteiger partial charge on any atom is -0.478 e. The van der Waals surface area contributed by atoms with Crippen molar-refractivity contribution in [2.24, 2.45) is 0 Å². The molecule has 2 rings (SSSR count). The van der Waals surface area contributed by atoms with Crippen molar-refractivity contribution >= 4 is 59.4 Å². The molecule has 7 heteroatoms. The highest BCUT2D eigenvalue weighted by atomic mass is 35.5. The van der Waals surface area contributed by atoms with E-state index in [1.54, 1.807) is 0 Å². The van der Waals surface area contributed by atoms with Gasteiger partial charge in [-0.1, -0.05) is 11.6 Å². The van der Waals surface area contributed by atoms with Crippen LogP contribution >= 0.6 is 22.9 Å². The van der Waals surface area contributed by atoms with Gasteiger partial charge in [-0.2, -0.15) is 0 Å². The van der Waals surface area contributed by atoms with E-state index in [0.717, 1.165) is 3.87 Å². The number of rotatable bonds is 1. The summed E-state index contributed by atoms with van der Waals surface area (Å²) in [7, 11) is 0. The van der Waals surface area contributed by atoms with Gasteiger partial charge in [-0.3, -0.25) is 4.98 Å². The zero-order valence-corrected chi connectivity index (χ0v) is 9.42. The lowest BCUT2D eigenvalue weighted by molar-refractivity contribution is 0.0697. The van der Waals surface area contributed by atoms with Crippen LogP contribution in [-0.4, -0.2) is 37.3 Å². The highest BCUT2D eigenvalue weighted by Gasteiger charge is 2.14. The topological polar surface area (TPSA) is 63.1 Å². The Morgan fingerprint density at radius 3 is 3.00 bits per heavy atom. The van der Waals surface area contributed by atoms with Crippen LogP contribution in [0.15, 0.2) is 6.20 Å². The highest BCUT2D eigenvalue weighted by Crippen LogP contribution is 2.25. The molecule has 0 spiro atoms. The molecule has 2 aromatic heterocycles. The average Bonchev–Trinajstić information content (AvgIpc) is 2.46. The minimum atomic E-state index is -1.09. The molecule has 0 bridgehead atoms. The van der Waals surface area contributed by atoms with Gasteiger partial charge >= 0.3 is 5.97 Å². The Labute approximate surface area is 96.0 Å². The lowest BCUT2D eigenvalue weighted by Crippen LogP contribution is -2.00. The largest absolute Gasteiger partial charge is 0.478 e. The molecule has 0 aliphatic heterocycles. The number of pyridine rings is 1. The van der Waals surface area contributed by atoms with E-state index >= 15 is 0 Å². The molecule has 0 aromatic carbocycles. The number of aromatic carboxylic acids is 1. The van der Waals surface area contributed by atoms with Gasteiger partial charge in [0, 0.05) is 6.20 Å². The minimum absolute atomic E-state index is 0.0190. The van der Waals surface area contributed by atoms with Gasteiger partial charge in [0.05, 0.1) is 10.6 Å². The molecule has 2 radical (unpaired) electrons. The number of hydrogen-bond donors (Lipinski definition) is 1. The van der Waals surface area contributed by atoms with Crippen LogP contribution in [0.2, 0.25) is 5.02 Å². The number of hydrogen-bond acceptors (Lipinski definition) is 4. The lowest BCUT2D eigenvalue weighted by Gasteiger charge is -1.97. The first-order valence-corrected chi connectivity index (χ1v) is 5.30.